The molecule has 0 aliphatic heterocycles. The van der Waals surface area contributed by atoms with E-state index >= 15 is 0 Å². The van der Waals surface area contributed by atoms with Crippen LogP contribution in [-0.2, 0) is 29.1 Å². The van der Waals surface area contributed by atoms with Crippen molar-refractivity contribution in [1.29, 1.82) is 0 Å². The van der Waals surface area contributed by atoms with Crippen LogP contribution in [0.3, 0.4) is 0 Å². The number of hydrogen-bond acceptors (Lipinski definition) is 3. The number of rotatable bonds is 10. The Morgan fingerprint density at radius 3 is 1.91 bits per heavy atom. The van der Waals surface area contributed by atoms with Gasteiger partial charge in [-0.3, -0.25) is 9.59 Å². The van der Waals surface area contributed by atoms with E-state index in [1.807, 2.05) is 30.3 Å². The van der Waals surface area contributed by atoms with Crippen molar-refractivity contribution >= 4 is 49.6 Å². The van der Waals surface area contributed by atoms with Crippen molar-refractivity contribution < 1.29 is 23.9 Å². The van der Waals surface area contributed by atoms with Gasteiger partial charge in [-0.2, -0.15) is 0 Å². The van der Waals surface area contributed by atoms with E-state index < -0.39 is 11.9 Å². The zero-order valence-corrected chi connectivity index (χ0v) is 27.7. The van der Waals surface area contributed by atoms with E-state index in [0.717, 1.165) is 27.8 Å². The SMILES string of the molecule is O=C(O)C(=O)N(Cc1cccc(-c2ccc(F)cc2)c1)Cc1c(Br)cc(C(=O)NCCc2ccc(-c3ccccc3)cc2)cc1Br. The van der Waals surface area contributed by atoms with Crippen molar-refractivity contribution in [2.75, 3.05) is 6.54 Å². The number of amides is 2. The second-order valence-corrected chi connectivity index (χ2v) is 12.4. The van der Waals surface area contributed by atoms with Crippen LogP contribution in [0.2, 0.25) is 0 Å². The summed E-state index contributed by atoms with van der Waals surface area (Å²) in [5, 5.41) is 12.5. The van der Waals surface area contributed by atoms with Crippen LogP contribution in [-0.4, -0.2) is 34.3 Å². The molecule has 2 amide bonds. The molecule has 0 saturated heterocycles. The van der Waals surface area contributed by atoms with E-state index in [1.165, 1.54) is 17.0 Å². The fourth-order valence-electron chi connectivity index (χ4n) is 5.04. The van der Waals surface area contributed by atoms with Gasteiger partial charge in [-0.15, -0.1) is 0 Å². The summed E-state index contributed by atoms with van der Waals surface area (Å²) in [6.45, 7) is 0.431. The third-order valence-corrected chi connectivity index (χ3v) is 8.88. The first-order chi connectivity index (χ1) is 22.2. The van der Waals surface area contributed by atoms with E-state index in [1.54, 1.807) is 36.4 Å². The summed E-state index contributed by atoms with van der Waals surface area (Å²) in [5.41, 5.74) is 6.70. The Labute approximate surface area is 283 Å². The fraction of sp³-hybridized carbons (Fsp3) is 0.108. The number of hydrogen-bond donors (Lipinski definition) is 2. The monoisotopic (exact) mass is 742 g/mol. The Hall–Kier alpha value is -4.60. The zero-order valence-electron chi connectivity index (χ0n) is 24.6. The Balaban J connectivity index is 1.24. The van der Waals surface area contributed by atoms with Crippen molar-refractivity contribution in [3.63, 3.8) is 0 Å². The van der Waals surface area contributed by atoms with Crippen molar-refractivity contribution in [3.8, 4) is 22.3 Å². The van der Waals surface area contributed by atoms with Crippen LogP contribution in [0.5, 0.6) is 0 Å². The number of aliphatic carboxylic acids is 1. The molecule has 0 saturated carbocycles. The number of carboxylic acid groups (broad SMARTS) is 1. The van der Waals surface area contributed by atoms with Crippen molar-refractivity contribution in [2.45, 2.75) is 19.5 Å². The van der Waals surface area contributed by atoms with Crippen molar-refractivity contribution in [1.82, 2.24) is 10.2 Å². The molecule has 0 unspecified atom stereocenters. The van der Waals surface area contributed by atoms with Gasteiger partial charge >= 0.3 is 11.9 Å². The van der Waals surface area contributed by atoms with E-state index in [0.29, 0.717) is 38.6 Å². The van der Waals surface area contributed by atoms with E-state index in [9.17, 15) is 23.9 Å². The number of halogens is 3. The molecule has 0 radical (unpaired) electrons. The third kappa shape index (κ3) is 8.35. The van der Waals surface area contributed by atoms with Crippen LogP contribution >= 0.6 is 31.9 Å². The van der Waals surface area contributed by atoms with Crippen LogP contribution in [0.4, 0.5) is 4.39 Å². The second kappa shape index (κ2) is 15.1. The number of nitrogens with one attached hydrogen (secondary N) is 1. The van der Waals surface area contributed by atoms with Gasteiger partial charge in [-0.25, -0.2) is 9.18 Å². The first kappa shape index (κ1) is 32.8. The Kier molecular flexibility index (Phi) is 10.8. The topological polar surface area (TPSA) is 86.7 Å². The lowest BCUT2D eigenvalue weighted by Crippen LogP contribution is -2.35. The molecule has 0 heterocycles. The van der Waals surface area contributed by atoms with E-state index in [2.05, 4.69) is 73.6 Å². The zero-order chi connectivity index (χ0) is 32.6. The summed E-state index contributed by atoms with van der Waals surface area (Å²) in [6.07, 6.45) is 0.663. The molecule has 46 heavy (non-hydrogen) atoms. The highest BCUT2D eigenvalue weighted by Crippen LogP contribution is 2.30. The summed E-state index contributed by atoms with van der Waals surface area (Å²) < 4.78 is 14.5. The molecule has 5 aromatic carbocycles. The summed E-state index contributed by atoms with van der Waals surface area (Å²) >= 11 is 7.04. The van der Waals surface area contributed by atoms with Gasteiger partial charge in [-0.1, -0.05) is 117 Å². The van der Waals surface area contributed by atoms with E-state index in [4.69, 9.17) is 0 Å². The minimum atomic E-state index is -1.58. The molecule has 9 heteroatoms. The molecule has 2 N–H and O–H groups in total. The largest absolute Gasteiger partial charge is 0.474 e. The van der Waals surface area contributed by atoms with Gasteiger partial charge in [0.25, 0.3) is 5.91 Å². The first-order valence-corrected chi connectivity index (χ1v) is 16.0. The highest BCUT2D eigenvalue weighted by Gasteiger charge is 2.24. The van der Waals surface area contributed by atoms with E-state index in [-0.39, 0.29) is 24.8 Å². The maximum atomic E-state index is 13.4. The minimum absolute atomic E-state index is 0.0214. The van der Waals surface area contributed by atoms with Crippen LogP contribution < -0.4 is 5.32 Å². The highest BCUT2D eigenvalue weighted by molar-refractivity contribution is 9.11. The molecule has 6 nitrogen and oxygen atoms in total. The molecule has 0 spiro atoms. The summed E-state index contributed by atoms with van der Waals surface area (Å²) in [6, 6.07) is 35.0. The quantitative estimate of drug-likeness (QED) is 0.141. The minimum Gasteiger partial charge on any atom is -0.474 e. The van der Waals surface area contributed by atoms with Crippen LogP contribution in [0.1, 0.15) is 27.0 Å². The van der Waals surface area contributed by atoms with Gasteiger partial charge in [0.05, 0.1) is 0 Å². The van der Waals surface area contributed by atoms with Crippen LogP contribution in [0.15, 0.2) is 124 Å². The number of carbonyl (C=O) groups excluding carboxylic acids is 2. The summed E-state index contributed by atoms with van der Waals surface area (Å²) in [4.78, 5) is 38.7. The predicted molar refractivity (Wildman–Crippen MR) is 183 cm³/mol. The molecule has 5 aromatic rings. The van der Waals surface area contributed by atoms with Crippen molar-refractivity contribution in [2.24, 2.45) is 0 Å². The van der Waals surface area contributed by atoms with Gasteiger partial charge in [-0.05, 0) is 75.7 Å². The molecule has 0 aromatic heterocycles. The molecule has 0 aliphatic carbocycles. The Morgan fingerprint density at radius 2 is 1.26 bits per heavy atom. The second-order valence-electron chi connectivity index (χ2n) is 10.7. The summed E-state index contributed by atoms with van der Waals surface area (Å²) in [7, 11) is 0. The molecular formula is C37H29Br2FN2O4. The van der Waals surface area contributed by atoms with Gasteiger partial charge < -0.3 is 15.3 Å². The number of carbonyl (C=O) groups is 3. The summed E-state index contributed by atoms with van der Waals surface area (Å²) in [5.74, 6) is -3.25. The average Bonchev–Trinajstić information content (AvgIpc) is 3.06. The lowest BCUT2D eigenvalue weighted by molar-refractivity contribution is -0.156. The number of nitrogens with zero attached hydrogens (tertiary/aromatic N) is 1. The smallest absolute Gasteiger partial charge is 0.394 e. The van der Waals surface area contributed by atoms with Gasteiger partial charge in [0, 0.05) is 34.1 Å². The first-order valence-electron chi connectivity index (χ1n) is 14.5. The Bertz CT molecular complexity index is 1840. The molecule has 0 aliphatic rings. The van der Waals surface area contributed by atoms with Gasteiger partial charge in [0.2, 0.25) is 0 Å². The normalized spacial score (nSPS) is 10.8. The molecule has 5 rings (SSSR count). The Morgan fingerprint density at radius 1 is 0.674 bits per heavy atom. The van der Waals surface area contributed by atoms with Crippen LogP contribution in [0.25, 0.3) is 22.3 Å². The van der Waals surface area contributed by atoms with Crippen molar-refractivity contribution in [3.05, 3.63) is 152 Å². The number of benzene rings is 5. The molecule has 0 bridgehead atoms. The molecule has 0 atom stereocenters. The third-order valence-electron chi connectivity index (χ3n) is 7.46. The lowest BCUT2D eigenvalue weighted by Gasteiger charge is -2.23. The fourth-order valence-corrected chi connectivity index (χ4v) is 6.48. The molecule has 0 fully saturated rings. The van der Waals surface area contributed by atoms with Crippen LogP contribution in [0, 0.1) is 5.82 Å². The maximum absolute atomic E-state index is 13.4. The standard InChI is InChI=1S/C37H29Br2FN2O4/c38-33-20-30(35(43)41-18-17-24-9-11-27(12-10-24)26-6-2-1-3-7-26)21-34(39)32(33)23-42(36(44)37(45)46)22-25-5-4-8-29(19-25)28-13-15-31(40)16-14-28/h1-16,19-21H,17-18,22-23H2,(H,41,43)(H,45,46). The highest BCUT2D eigenvalue weighted by atomic mass is 79.9. The maximum Gasteiger partial charge on any atom is 0.394 e. The van der Waals surface area contributed by atoms with Gasteiger partial charge in [0.1, 0.15) is 5.82 Å². The lowest BCUT2D eigenvalue weighted by atomic mass is 10.0. The molecular weight excluding hydrogens is 715 g/mol. The molecule has 232 valence electrons. The average molecular weight is 744 g/mol. The van der Waals surface area contributed by atoms with Gasteiger partial charge in [0.15, 0.2) is 0 Å². The predicted octanol–water partition coefficient (Wildman–Crippen LogP) is 8.27. The number of carboxylic acids is 1.